The third kappa shape index (κ3) is 11.1. The van der Waals surface area contributed by atoms with Crippen molar-refractivity contribution in [3.63, 3.8) is 0 Å². The van der Waals surface area contributed by atoms with Crippen LogP contribution in [0.2, 0.25) is 0 Å². The Balaban J connectivity index is 0.000000250. The van der Waals surface area contributed by atoms with Gasteiger partial charge in [-0.1, -0.05) is 58.3 Å². The number of nitrogens with two attached hydrogens (primary N) is 2. The molecular weight excluding hydrogens is 554 g/mol. The molecule has 0 aromatic heterocycles. The Hall–Kier alpha value is -2.92. The average Bonchev–Trinajstić information content (AvgIpc) is 3.34. The molecule has 3 fully saturated rings. The molecule has 4 amide bonds. The lowest BCUT2D eigenvalue weighted by Crippen LogP contribution is -2.56. The van der Waals surface area contributed by atoms with Gasteiger partial charge in [0.15, 0.2) is 0 Å². The van der Waals surface area contributed by atoms with Gasteiger partial charge < -0.3 is 27.0 Å². The van der Waals surface area contributed by atoms with Crippen LogP contribution in [-0.2, 0) is 19.2 Å². The Labute approximate surface area is 254 Å². The van der Waals surface area contributed by atoms with Crippen molar-refractivity contribution in [2.75, 3.05) is 19.3 Å². The highest BCUT2D eigenvalue weighted by Crippen LogP contribution is 2.28. The van der Waals surface area contributed by atoms with Gasteiger partial charge >= 0.3 is 0 Å². The predicted octanol–water partition coefficient (Wildman–Crippen LogP) is 3.16. The van der Waals surface area contributed by atoms with Crippen LogP contribution in [-0.4, -0.2) is 71.8 Å². The molecule has 1 aromatic rings. The van der Waals surface area contributed by atoms with E-state index in [0.29, 0.717) is 31.4 Å². The SMILES string of the molecule is CC1CCCCC1.CSc1ccc(C(=O)NCC(=O)N2CC(N)CC2C)cc1.NC(=O)C(=O)C1(NC=O)CCCCC1. The number of likely N-dealkylation sites (tertiary alicyclic amines) is 1. The maximum absolute atomic E-state index is 12.1. The molecule has 1 saturated heterocycles. The van der Waals surface area contributed by atoms with Gasteiger partial charge in [-0.25, -0.2) is 0 Å². The molecule has 1 aliphatic heterocycles. The van der Waals surface area contributed by atoms with Gasteiger partial charge in [0.2, 0.25) is 18.1 Å². The largest absolute Gasteiger partial charge is 0.363 e. The minimum Gasteiger partial charge on any atom is -0.363 e. The lowest BCUT2D eigenvalue weighted by molar-refractivity contribution is -0.141. The third-order valence-corrected chi connectivity index (χ3v) is 9.02. The molecule has 1 heterocycles. The Bertz CT molecular complexity index is 1040. The summed E-state index contributed by atoms with van der Waals surface area (Å²) in [7, 11) is 0. The number of thioether (sulfide) groups is 1. The minimum atomic E-state index is -1.02. The molecule has 234 valence electrons. The molecule has 2 atom stereocenters. The highest BCUT2D eigenvalue weighted by atomic mass is 32.2. The summed E-state index contributed by atoms with van der Waals surface area (Å²) >= 11 is 1.62. The van der Waals surface area contributed by atoms with E-state index in [1.807, 2.05) is 25.3 Å². The highest BCUT2D eigenvalue weighted by Gasteiger charge is 2.41. The van der Waals surface area contributed by atoms with Gasteiger partial charge in [0.1, 0.15) is 5.54 Å². The summed E-state index contributed by atoms with van der Waals surface area (Å²) < 4.78 is 0. The van der Waals surface area contributed by atoms with Crippen molar-refractivity contribution in [2.24, 2.45) is 17.4 Å². The van der Waals surface area contributed by atoms with Crippen molar-refractivity contribution in [1.82, 2.24) is 15.5 Å². The smallest absolute Gasteiger partial charge is 0.287 e. The monoisotopic (exact) mass is 603 g/mol. The Kier molecular flexibility index (Phi) is 15.0. The topological polar surface area (TPSA) is 165 Å². The van der Waals surface area contributed by atoms with E-state index in [1.54, 1.807) is 28.8 Å². The number of hydrogen-bond acceptors (Lipinski definition) is 7. The summed E-state index contributed by atoms with van der Waals surface area (Å²) in [6, 6.07) is 7.50. The minimum absolute atomic E-state index is 0.0141. The van der Waals surface area contributed by atoms with Crippen molar-refractivity contribution < 1.29 is 24.0 Å². The Morgan fingerprint density at radius 2 is 1.60 bits per heavy atom. The first-order chi connectivity index (χ1) is 20.0. The number of carbonyl (C=O) groups excluding carboxylic acids is 5. The zero-order valence-corrected chi connectivity index (χ0v) is 26.2. The number of amides is 4. The summed E-state index contributed by atoms with van der Waals surface area (Å²) in [5.41, 5.74) is 10.3. The van der Waals surface area contributed by atoms with E-state index in [-0.39, 0.29) is 30.4 Å². The third-order valence-electron chi connectivity index (χ3n) is 8.27. The molecule has 10 nitrogen and oxygen atoms in total. The number of nitrogens with one attached hydrogen (secondary N) is 2. The first-order valence-electron chi connectivity index (χ1n) is 15.1. The molecular formula is C31H49N5O5S. The van der Waals surface area contributed by atoms with Gasteiger partial charge in [0, 0.05) is 29.1 Å². The molecule has 0 radical (unpaired) electrons. The number of rotatable bonds is 8. The number of primary amides is 1. The fraction of sp³-hybridized carbons (Fsp3) is 0.645. The molecule has 0 spiro atoms. The molecule has 2 unspecified atom stereocenters. The second-order valence-corrected chi connectivity index (χ2v) is 12.5. The van der Waals surface area contributed by atoms with E-state index in [4.69, 9.17) is 11.5 Å². The molecule has 1 aromatic carbocycles. The van der Waals surface area contributed by atoms with Crippen LogP contribution in [0.4, 0.5) is 0 Å². The Morgan fingerprint density at radius 3 is 2.05 bits per heavy atom. The summed E-state index contributed by atoms with van der Waals surface area (Å²) in [5, 5.41) is 5.12. The maximum Gasteiger partial charge on any atom is 0.287 e. The molecule has 42 heavy (non-hydrogen) atoms. The predicted molar refractivity (Wildman–Crippen MR) is 166 cm³/mol. The molecule has 2 aliphatic carbocycles. The van der Waals surface area contributed by atoms with E-state index in [1.165, 1.54) is 32.1 Å². The summed E-state index contributed by atoms with van der Waals surface area (Å²) in [5.74, 6) is -0.920. The van der Waals surface area contributed by atoms with Crippen LogP contribution in [0.15, 0.2) is 29.2 Å². The van der Waals surface area contributed by atoms with Crippen molar-refractivity contribution in [1.29, 1.82) is 0 Å². The summed E-state index contributed by atoms with van der Waals surface area (Å²) in [4.78, 5) is 59.6. The summed E-state index contributed by atoms with van der Waals surface area (Å²) in [6.45, 7) is 4.92. The number of hydrogen-bond donors (Lipinski definition) is 4. The van der Waals surface area contributed by atoms with Gasteiger partial charge in [-0.15, -0.1) is 11.8 Å². The lowest BCUT2D eigenvalue weighted by atomic mass is 9.78. The van der Waals surface area contributed by atoms with Gasteiger partial charge in [-0.05, 0) is 62.6 Å². The van der Waals surface area contributed by atoms with Crippen molar-refractivity contribution in [2.45, 2.75) is 107 Å². The lowest BCUT2D eigenvalue weighted by Gasteiger charge is -2.33. The fourth-order valence-electron chi connectivity index (χ4n) is 5.77. The second kappa shape index (κ2) is 17.9. The van der Waals surface area contributed by atoms with Crippen LogP contribution in [0.25, 0.3) is 0 Å². The van der Waals surface area contributed by atoms with Crippen LogP contribution in [0.1, 0.15) is 94.8 Å². The van der Waals surface area contributed by atoms with E-state index >= 15 is 0 Å². The van der Waals surface area contributed by atoms with Crippen LogP contribution in [0.3, 0.4) is 0 Å². The van der Waals surface area contributed by atoms with Crippen LogP contribution in [0.5, 0.6) is 0 Å². The normalized spacial score (nSPS) is 21.5. The van der Waals surface area contributed by atoms with Crippen LogP contribution >= 0.6 is 11.8 Å². The van der Waals surface area contributed by atoms with Gasteiger partial charge in [-0.3, -0.25) is 24.0 Å². The molecule has 2 saturated carbocycles. The van der Waals surface area contributed by atoms with Crippen LogP contribution < -0.4 is 22.1 Å². The number of nitrogens with zero attached hydrogens (tertiary/aromatic N) is 1. The van der Waals surface area contributed by atoms with E-state index in [9.17, 15) is 24.0 Å². The zero-order chi connectivity index (χ0) is 31.1. The number of Topliss-reactive ketones (excluding diaryl/α,β-unsaturated/α-hetero) is 1. The van der Waals surface area contributed by atoms with Gasteiger partial charge in [0.05, 0.1) is 6.54 Å². The molecule has 3 aliphatic rings. The van der Waals surface area contributed by atoms with E-state index in [2.05, 4.69) is 17.6 Å². The molecule has 4 rings (SSSR count). The molecule has 6 N–H and O–H groups in total. The number of benzene rings is 1. The first-order valence-corrected chi connectivity index (χ1v) is 16.3. The van der Waals surface area contributed by atoms with Crippen LogP contribution in [0, 0.1) is 5.92 Å². The quantitative estimate of drug-likeness (QED) is 0.201. The van der Waals surface area contributed by atoms with E-state index in [0.717, 1.165) is 36.5 Å². The standard InChI is InChI=1S/C15H21N3O2S.C9H14N2O3.C7H14/c1-10-7-12(16)9-18(10)14(19)8-17-15(20)11-3-5-13(21-2)6-4-11;10-8(14)7(13)9(11-6-12)4-2-1-3-5-9;1-7-5-3-2-4-6-7/h3-6,10,12H,7-9,16H2,1-2H3,(H,17,20);6H,1-5H2,(H2,10,14)(H,11,12);7H,2-6H2,1H3. The van der Waals surface area contributed by atoms with Crippen molar-refractivity contribution in [3.05, 3.63) is 29.8 Å². The maximum atomic E-state index is 12.1. The second-order valence-electron chi connectivity index (χ2n) is 11.6. The van der Waals surface area contributed by atoms with Crippen molar-refractivity contribution in [3.8, 4) is 0 Å². The summed E-state index contributed by atoms with van der Waals surface area (Å²) in [6.07, 6.45) is 14.4. The first kappa shape index (κ1) is 35.3. The van der Waals surface area contributed by atoms with Gasteiger partial charge in [-0.2, -0.15) is 0 Å². The fourth-order valence-corrected chi connectivity index (χ4v) is 6.18. The number of ketones is 1. The zero-order valence-electron chi connectivity index (χ0n) is 25.4. The van der Waals surface area contributed by atoms with Crippen molar-refractivity contribution >= 4 is 41.7 Å². The molecule has 0 bridgehead atoms. The molecule has 11 heteroatoms. The highest BCUT2D eigenvalue weighted by molar-refractivity contribution is 7.98. The average molecular weight is 604 g/mol. The Morgan fingerprint density at radius 1 is 1.00 bits per heavy atom. The number of carbonyl (C=O) groups is 5. The van der Waals surface area contributed by atoms with E-state index < -0.39 is 17.2 Å². The van der Waals surface area contributed by atoms with Gasteiger partial charge in [0.25, 0.3) is 11.8 Å².